The molecule has 23 heavy (non-hydrogen) atoms. The molecule has 0 aromatic rings. The van der Waals surface area contributed by atoms with Gasteiger partial charge in [-0.25, -0.2) is 0 Å². The summed E-state index contributed by atoms with van der Waals surface area (Å²) >= 11 is 0. The van der Waals surface area contributed by atoms with Gasteiger partial charge in [-0.2, -0.15) is 0 Å². The lowest BCUT2D eigenvalue weighted by atomic mass is 9.72. The molecular formula is C20H37O2P. The Morgan fingerprint density at radius 1 is 1.04 bits per heavy atom. The van der Waals surface area contributed by atoms with Gasteiger partial charge in [0.15, 0.2) is 0 Å². The summed E-state index contributed by atoms with van der Waals surface area (Å²) in [6.45, 7) is 23.1. The molecule has 1 rings (SSSR count). The van der Waals surface area contributed by atoms with Crippen LogP contribution in [0.4, 0.5) is 0 Å². The fraction of sp³-hybridized carbons (Fsp3) is 0.800. The van der Waals surface area contributed by atoms with Gasteiger partial charge in [-0.15, -0.1) is 0 Å². The minimum absolute atomic E-state index is 0.0747. The van der Waals surface area contributed by atoms with Crippen LogP contribution in [0.5, 0.6) is 0 Å². The smallest absolute Gasteiger partial charge is 0.143 e. The lowest BCUT2D eigenvalue weighted by molar-refractivity contribution is 0.0758. The molecule has 0 saturated carbocycles. The monoisotopic (exact) mass is 340 g/mol. The Hall–Kier alpha value is -0.330. The molecule has 1 aliphatic carbocycles. The summed E-state index contributed by atoms with van der Waals surface area (Å²) in [5.41, 5.74) is 3.15. The third kappa shape index (κ3) is 5.91. The normalized spacial score (nSPS) is 21.1. The summed E-state index contributed by atoms with van der Waals surface area (Å²) in [6, 6.07) is 0. The maximum Gasteiger partial charge on any atom is 0.143 e. The van der Waals surface area contributed by atoms with Crippen LogP contribution in [0.2, 0.25) is 0 Å². The molecule has 0 aliphatic heterocycles. The summed E-state index contributed by atoms with van der Waals surface area (Å²) in [5.74, 6) is 1.57. The van der Waals surface area contributed by atoms with Gasteiger partial charge in [0.1, 0.15) is 11.1 Å². The van der Waals surface area contributed by atoms with Gasteiger partial charge in [0.25, 0.3) is 0 Å². The fourth-order valence-corrected chi connectivity index (χ4v) is 3.44. The van der Waals surface area contributed by atoms with Crippen molar-refractivity contribution in [1.29, 1.82) is 0 Å². The maximum atomic E-state index is 6.52. The molecule has 0 N–H and O–H groups in total. The first-order chi connectivity index (χ1) is 10.3. The van der Waals surface area contributed by atoms with Crippen LogP contribution < -0.4 is 0 Å². The van der Waals surface area contributed by atoms with E-state index in [-0.39, 0.29) is 16.2 Å². The Morgan fingerprint density at radius 3 is 2.04 bits per heavy atom. The summed E-state index contributed by atoms with van der Waals surface area (Å²) in [6.07, 6.45) is 3.47. The van der Waals surface area contributed by atoms with Gasteiger partial charge in [0.2, 0.25) is 0 Å². The van der Waals surface area contributed by atoms with Gasteiger partial charge in [-0.3, -0.25) is 0 Å². The van der Waals surface area contributed by atoms with Crippen LogP contribution in [-0.2, 0) is 9.26 Å². The highest BCUT2D eigenvalue weighted by atomic mass is 31.1. The predicted molar refractivity (Wildman–Crippen MR) is 103 cm³/mol. The lowest BCUT2D eigenvalue weighted by Gasteiger charge is -2.39. The van der Waals surface area contributed by atoms with E-state index in [2.05, 4.69) is 68.4 Å². The quantitative estimate of drug-likeness (QED) is 0.520. The third-order valence-corrected chi connectivity index (χ3v) is 5.18. The Kier molecular flexibility index (Phi) is 6.55. The molecule has 0 spiro atoms. The number of ether oxygens (including phenoxy) is 1. The summed E-state index contributed by atoms with van der Waals surface area (Å²) in [7, 11) is 0.352. The minimum Gasteiger partial charge on any atom is -0.485 e. The summed E-state index contributed by atoms with van der Waals surface area (Å²) < 4.78 is 12.2. The molecule has 0 aromatic heterocycles. The van der Waals surface area contributed by atoms with Crippen molar-refractivity contribution in [3.8, 4) is 0 Å². The number of rotatable bonds is 5. The van der Waals surface area contributed by atoms with Crippen molar-refractivity contribution in [2.75, 3.05) is 6.61 Å². The molecule has 0 bridgehead atoms. The van der Waals surface area contributed by atoms with Crippen molar-refractivity contribution in [2.45, 2.75) is 81.0 Å². The molecule has 1 aliphatic rings. The highest BCUT2D eigenvalue weighted by Crippen LogP contribution is 2.47. The molecule has 0 saturated heterocycles. The second-order valence-corrected chi connectivity index (χ2v) is 10.9. The molecule has 2 nitrogen and oxygen atoms in total. The molecule has 2 unspecified atom stereocenters. The zero-order valence-electron chi connectivity index (χ0n) is 16.9. The Bertz CT molecular complexity index is 473. The van der Waals surface area contributed by atoms with Crippen LogP contribution >= 0.6 is 8.81 Å². The van der Waals surface area contributed by atoms with Crippen molar-refractivity contribution in [1.82, 2.24) is 0 Å². The highest BCUT2D eigenvalue weighted by Gasteiger charge is 2.35. The van der Waals surface area contributed by atoms with Crippen molar-refractivity contribution in [3.63, 3.8) is 0 Å². The molecule has 0 aromatic carbocycles. The van der Waals surface area contributed by atoms with E-state index in [9.17, 15) is 0 Å². The van der Waals surface area contributed by atoms with E-state index in [1.165, 1.54) is 11.1 Å². The SMILES string of the molecule is CCOPC(C)(C)OC1=C(C(C)(C)C)C=C(C(C)(C)C)CC1C. The molecule has 0 fully saturated rings. The van der Waals surface area contributed by atoms with Crippen LogP contribution in [0.3, 0.4) is 0 Å². The zero-order chi connectivity index (χ0) is 18.1. The number of hydrogen-bond acceptors (Lipinski definition) is 2. The van der Waals surface area contributed by atoms with Crippen LogP contribution in [-0.4, -0.2) is 11.9 Å². The Morgan fingerprint density at radius 2 is 1.61 bits per heavy atom. The Balaban J connectivity index is 3.26. The summed E-state index contributed by atoms with van der Waals surface area (Å²) in [5, 5.41) is -0.275. The number of hydrogen-bond donors (Lipinski definition) is 0. The maximum absolute atomic E-state index is 6.52. The zero-order valence-corrected chi connectivity index (χ0v) is 17.9. The van der Waals surface area contributed by atoms with Crippen LogP contribution in [0.25, 0.3) is 0 Å². The minimum atomic E-state index is -0.275. The van der Waals surface area contributed by atoms with E-state index in [0.717, 1.165) is 18.8 Å². The number of allylic oxidation sites excluding steroid dienone is 4. The molecule has 0 amide bonds. The fourth-order valence-electron chi connectivity index (χ4n) is 2.80. The highest BCUT2D eigenvalue weighted by molar-refractivity contribution is 7.34. The van der Waals surface area contributed by atoms with Crippen molar-refractivity contribution in [3.05, 3.63) is 23.0 Å². The largest absolute Gasteiger partial charge is 0.485 e. The van der Waals surface area contributed by atoms with Gasteiger partial charge in [0, 0.05) is 12.5 Å². The molecule has 3 heteroatoms. The summed E-state index contributed by atoms with van der Waals surface area (Å²) in [4.78, 5) is 0. The van der Waals surface area contributed by atoms with E-state index in [0.29, 0.717) is 14.7 Å². The van der Waals surface area contributed by atoms with Crippen LogP contribution in [0.15, 0.2) is 23.0 Å². The van der Waals surface area contributed by atoms with Gasteiger partial charge >= 0.3 is 0 Å². The first-order valence-electron chi connectivity index (χ1n) is 8.81. The standard InChI is InChI=1S/C20H37O2P/c1-11-21-23-20(9,10)22-17-14(2)12-15(18(3,4)5)13-16(17)19(6,7)8/h13-14,23H,11-12H2,1-10H3. The van der Waals surface area contributed by atoms with Crippen LogP contribution in [0.1, 0.15) is 75.7 Å². The average molecular weight is 340 g/mol. The van der Waals surface area contributed by atoms with Crippen molar-refractivity contribution in [2.24, 2.45) is 16.7 Å². The second kappa shape index (κ2) is 7.28. The van der Waals surface area contributed by atoms with E-state index in [1.54, 1.807) is 0 Å². The van der Waals surface area contributed by atoms with Gasteiger partial charge in [-0.05, 0) is 43.6 Å². The van der Waals surface area contributed by atoms with Crippen molar-refractivity contribution >= 4 is 8.81 Å². The first-order valence-corrected chi connectivity index (χ1v) is 9.72. The third-order valence-electron chi connectivity index (χ3n) is 4.16. The predicted octanol–water partition coefficient (Wildman–Crippen LogP) is 6.68. The topological polar surface area (TPSA) is 18.5 Å². The molecule has 0 radical (unpaired) electrons. The van der Waals surface area contributed by atoms with E-state index in [4.69, 9.17) is 9.26 Å². The average Bonchev–Trinajstić information content (AvgIpc) is 2.35. The van der Waals surface area contributed by atoms with Gasteiger partial charge in [-0.1, -0.05) is 60.1 Å². The second-order valence-electron chi connectivity index (χ2n) is 9.20. The molecule has 134 valence electrons. The molecule has 2 atom stereocenters. The van der Waals surface area contributed by atoms with E-state index >= 15 is 0 Å². The van der Waals surface area contributed by atoms with Gasteiger partial charge in [0.05, 0.1) is 8.81 Å². The van der Waals surface area contributed by atoms with E-state index in [1.807, 2.05) is 6.92 Å². The van der Waals surface area contributed by atoms with E-state index < -0.39 is 0 Å². The first kappa shape index (κ1) is 20.7. The molecular weight excluding hydrogens is 303 g/mol. The van der Waals surface area contributed by atoms with Gasteiger partial charge < -0.3 is 9.26 Å². The van der Waals surface area contributed by atoms with Crippen molar-refractivity contribution < 1.29 is 9.26 Å². The molecule has 0 heterocycles. The lowest BCUT2D eigenvalue weighted by Crippen LogP contribution is -2.28. The Labute approximate surface area is 146 Å². The van der Waals surface area contributed by atoms with Crippen LogP contribution in [0, 0.1) is 16.7 Å².